The third-order valence-electron chi connectivity index (χ3n) is 5.31. The second kappa shape index (κ2) is 8.08. The van der Waals surface area contributed by atoms with Gasteiger partial charge in [-0.3, -0.25) is 9.20 Å². The molecule has 3 aromatic carbocycles. The van der Waals surface area contributed by atoms with Gasteiger partial charge in [-0.1, -0.05) is 59.8 Å². The van der Waals surface area contributed by atoms with E-state index in [1.165, 1.54) is 22.4 Å². The van der Waals surface area contributed by atoms with E-state index in [-0.39, 0.29) is 11.3 Å². The van der Waals surface area contributed by atoms with Gasteiger partial charge in [0.2, 0.25) is 5.78 Å². The Morgan fingerprint density at radius 1 is 0.939 bits per heavy atom. The van der Waals surface area contributed by atoms with E-state index < -0.39 is 11.7 Å². The highest BCUT2D eigenvalue weighted by Crippen LogP contribution is 2.31. The molecule has 0 fully saturated rings. The van der Waals surface area contributed by atoms with Crippen LogP contribution in [0.15, 0.2) is 82.7 Å². The highest BCUT2D eigenvalue weighted by molar-refractivity contribution is 7.98. The van der Waals surface area contributed by atoms with Crippen molar-refractivity contribution in [1.82, 2.24) is 19.2 Å². The quantitative estimate of drug-likeness (QED) is 0.321. The molecular formula is C24H17F3N4OS. The van der Waals surface area contributed by atoms with Crippen LogP contribution in [0.1, 0.15) is 16.7 Å². The van der Waals surface area contributed by atoms with Crippen molar-refractivity contribution < 1.29 is 13.2 Å². The summed E-state index contributed by atoms with van der Waals surface area (Å²) >= 11 is 1.26. The van der Waals surface area contributed by atoms with Gasteiger partial charge in [0.05, 0.1) is 22.2 Å². The van der Waals surface area contributed by atoms with E-state index >= 15 is 0 Å². The molecule has 0 spiro atoms. The van der Waals surface area contributed by atoms with Crippen LogP contribution < -0.4 is 5.56 Å². The van der Waals surface area contributed by atoms with E-state index in [2.05, 4.69) is 10.2 Å². The van der Waals surface area contributed by atoms with Crippen molar-refractivity contribution in [3.8, 4) is 5.69 Å². The number of aromatic nitrogens is 4. The van der Waals surface area contributed by atoms with Gasteiger partial charge in [-0.2, -0.15) is 13.2 Å². The van der Waals surface area contributed by atoms with E-state index in [1.54, 1.807) is 28.7 Å². The number of halogens is 3. The molecule has 2 heterocycles. The van der Waals surface area contributed by atoms with Gasteiger partial charge < -0.3 is 0 Å². The van der Waals surface area contributed by atoms with Gasteiger partial charge in [0, 0.05) is 5.75 Å². The summed E-state index contributed by atoms with van der Waals surface area (Å²) < 4.78 is 42.5. The van der Waals surface area contributed by atoms with Crippen molar-refractivity contribution in [3.05, 3.63) is 99.8 Å². The summed E-state index contributed by atoms with van der Waals surface area (Å²) in [5, 5.41) is 9.52. The topological polar surface area (TPSA) is 52.2 Å². The van der Waals surface area contributed by atoms with Crippen LogP contribution in [0.3, 0.4) is 0 Å². The number of aryl methyl sites for hydroxylation is 1. The van der Waals surface area contributed by atoms with Crippen molar-refractivity contribution in [2.75, 3.05) is 0 Å². The lowest BCUT2D eigenvalue weighted by Gasteiger charge is -2.12. The van der Waals surface area contributed by atoms with Gasteiger partial charge in [-0.25, -0.2) is 4.57 Å². The monoisotopic (exact) mass is 466 g/mol. The van der Waals surface area contributed by atoms with Crippen LogP contribution >= 0.6 is 11.8 Å². The largest absolute Gasteiger partial charge is 0.416 e. The fraction of sp³-hybridized carbons (Fsp3) is 0.125. The molecule has 166 valence electrons. The molecule has 5 rings (SSSR count). The third kappa shape index (κ3) is 3.89. The summed E-state index contributed by atoms with van der Waals surface area (Å²) in [4.78, 5) is 13.3. The molecule has 2 aromatic heterocycles. The molecule has 0 atom stereocenters. The smallest absolute Gasteiger partial charge is 0.268 e. The van der Waals surface area contributed by atoms with Gasteiger partial charge >= 0.3 is 6.18 Å². The van der Waals surface area contributed by atoms with Crippen LogP contribution in [0, 0.1) is 6.92 Å². The Bertz CT molecular complexity index is 1540. The first-order valence-corrected chi connectivity index (χ1v) is 11.1. The maximum Gasteiger partial charge on any atom is 0.416 e. The zero-order valence-electron chi connectivity index (χ0n) is 17.4. The summed E-state index contributed by atoms with van der Waals surface area (Å²) in [5.74, 6) is 0.608. The summed E-state index contributed by atoms with van der Waals surface area (Å²) in [6.07, 6.45) is -4.40. The Hall–Kier alpha value is -3.59. The number of fused-ring (bicyclic) bond motifs is 3. The van der Waals surface area contributed by atoms with Gasteiger partial charge in [-0.15, -0.1) is 10.2 Å². The molecule has 0 saturated carbocycles. The lowest BCUT2D eigenvalue weighted by Crippen LogP contribution is -2.21. The van der Waals surface area contributed by atoms with Crippen molar-refractivity contribution in [1.29, 1.82) is 0 Å². The maximum atomic E-state index is 13.3. The van der Waals surface area contributed by atoms with Crippen molar-refractivity contribution >= 4 is 28.4 Å². The first kappa shape index (κ1) is 21.3. The Labute approximate surface area is 190 Å². The fourth-order valence-electron chi connectivity index (χ4n) is 3.68. The number of alkyl halides is 3. The summed E-state index contributed by atoms with van der Waals surface area (Å²) in [7, 11) is 0. The molecule has 0 N–H and O–H groups in total. The highest BCUT2D eigenvalue weighted by atomic mass is 32.2. The second-order valence-electron chi connectivity index (χ2n) is 7.60. The molecule has 0 aliphatic rings. The average Bonchev–Trinajstić information content (AvgIpc) is 3.22. The van der Waals surface area contributed by atoms with E-state index in [9.17, 15) is 18.0 Å². The van der Waals surface area contributed by atoms with Crippen molar-refractivity contribution in [3.63, 3.8) is 0 Å². The number of hydrogen-bond acceptors (Lipinski definition) is 4. The first-order chi connectivity index (χ1) is 15.8. The van der Waals surface area contributed by atoms with Crippen LogP contribution in [0.5, 0.6) is 0 Å². The average molecular weight is 466 g/mol. The number of nitrogens with zero attached hydrogens (tertiary/aromatic N) is 4. The molecule has 5 aromatic rings. The Morgan fingerprint density at radius 3 is 2.45 bits per heavy atom. The number of rotatable bonds is 4. The second-order valence-corrected chi connectivity index (χ2v) is 8.54. The first-order valence-electron chi connectivity index (χ1n) is 10.1. The molecule has 33 heavy (non-hydrogen) atoms. The molecule has 9 heteroatoms. The van der Waals surface area contributed by atoms with Crippen LogP contribution in [-0.4, -0.2) is 19.2 Å². The third-order valence-corrected chi connectivity index (χ3v) is 6.31. The molecule has 0 aliphatic carbocycles. The number of hydrogen-bond donors (Lipinski definition) is 0. The standard InChI is InChI=1S/C24H17F3N4OS/c1-15-9-11-18(12-10-15)30-21(32)19-7-2-3-8-20(19)31-22(30)28-29-23(31)33-14-16-5-4-6-17(13-16)24(25,26)27/h2-13H,14H2,1H3. The van der Waals surface area contributed by atoms with Gasteiger partial charge in [0.15, 0.2) is 5.16 Å². The molecule has 5 nitrogen and oxygen atoms in total. The van der Waals surface area contributed by atoms with Crippen LogP contribution in [0.2, 0.25) is 0 Å². The number of thioether (sulfide) groups is 1. The maximum absolute atomic E-state index is 13.3. The Kier molecular flexibility index (Phi) is 5.20. The van der Waals surface area contributed by atoms with Crippen LogP contribution in [0.4, 0.5) is 13.2 Å². The lowest BCUT2D eigenvalue weighted by atomic mass is 10.1. The predicted octanol–water partition coefficient (Wildman–Crippen LogP) is 5.65. The minimum Gasteiger partial charge on any atom is -0.268 e. The molecule has 0 saturated heterocycles. The summed E-state index contributed by atoms with van der Waals surface area (Å²) in [6, 6.07) is 19.9. The fourth-order valence-corrected chi connectivity index (χ4v) is 4.57. The molecule has 0 amide bonds. The molecule has 0 aliphatic heterocycles. The van der Waals surface area contributed by atoms with Gasteiger partial charge in [0.1, 0.15) is 0 Å². The van der Waals surface area contributed by atoms with Crippen molar-refractivity contribution in [2.45, 2.75) is 24.0 Å². The molecule has 0 radical (unpaired) electrons. The number of benzene rings is 3. The summed E-state index contributed by atoms with van der Waals surface area (Å²) in [6.45, 7) is 1.96. The SMILES string of the molecule is Cc1ccc(-n2c(=O)c3ccccc3n3c(SCc4cccc(C(F)(F)F)c4)nnc23)cc1. The minimum absolute atomic E-state index is 0.219. The highest BCUT2D eigenvalue weighted by Gasteiger charge is 2.30. The van der Waals surface area contributed by atoms with E-state index in [0.717, 1.165) is 17.7 Å². The zero-order chi connectivity index (χ0) is 23.2. The van der Waals surface area contributed by atoms with Crippen molar-refractivity contribution in [2.24, 2.45) is 0 Å². The van der Waals surface area contributed by atoms with E-state index in [1.807, 2.05) is 37.3 Å². The molecule has 0 unspecified atom stereocenters. The van der Waals surface area contributed by atoms with E-state index in [0.29, 0.717) is 33.1 Å². The zero-order valence-corrected chi connectivity index (χ0v) is 18.2. The van der Waals surface area contributed by atoms with Crippen LogP contribution in [0.25, 0.3) is 22.4 Å². The lowest BCUT2D eigenvalue weighted by molar-refractivity contribution is -0.137. The molecule has 0 bridgehead atoms. The summed E-state index contributed by atoms with van der Waals surface area (Å²) in [5.41, 5.74) is 1.96. The van der Waals surface area contributed by atoms with Gasteiger partial charge in [0.25, 0.3) is 5.56 Å². The normalized spacial score (nSPS) is 12.0. The predicted molar refractivity (Wildman–Crippen MR) is 122 cm³/mol. The van der Waals surface area contributed by atoms with Gasteiger partial charge in [-0.05, 0) is 42.8 Å². The Balaban J connectivity index is 1.63. The molecular weight excluding hydrogens is 449 g/mol. The Morgan fingerprint density at radius 2 is 1.70 bits per heavy atom. The van der Waals surface area contributed by atoms with E-state index in [4.69, 9.17) is 0 Å². The minimum atomic E-state index is -4.40. The number of para-hydroxylation sites is 1. The van der Waals surface area contributed by atoms with Crippen LogP contribution in [-0.2, 0) is 11.9 Å².